The molecule has 0 aliphatic heterocycles. The molecule has 1 aromatic rings. The number of aromatic nitrogens is 1. The van der Waals surface area contributed by atoms with Crippen molar-refractivity contribution in [3.05, 3.63) is 27.0 Å². The normalized spacial score (nSPS) is 10.6. The predicted molar refractivity (Wildman–Crippen MR) is 85.0 cm³/mol. The first-order chi connectivity index (χ1) is 9.56. The second-order valence-electron chi connectivity index (χ2n) is 4.62. The number of halogens is 3. The molecule has 1 amide bonds. The number of hydrogen-bond donors (Lipinski definition) is 1. The van der Waals surface area contributed by atoms with E-state index in [0.717, 1.165) is 12.8 Å². The second-order valence-corrected chi connectivity index (χ2v) is 5.75. The highest BCUT2D eigenvalue weighted by molar-refractivity contribution is 6.42. The average Bonchev–Trinajstić information content (AvgIpc) is 2.41. The van der Waals surface area contributed by atoms with Crippen molar-refractivity contribution in [2.24, 2.45) is 0 Å². The summed E-state index contributed by atoms with van der Waals surface area (Å²) in [6, 6.07) is 1.44. The van der Waals surface area contributed by atoms with Gasteiger partial charge in [-0.3, -0.25) is 4.79 Å². The molecule has 20 heavy (non-hydrogen) atoms. The van der Waals surface area contributed by atoms with Crippen LogP contribution in [-0.4, -0.2) is 17.4 Å². The van der Waals surface area contributed by atoms with E-state index >= 15 is 0 Å². The first kappa shape index (κ1) is 17.5. The molecule has 0 aliphatic rings. The SMILES string of the molecule is CCCCCCCCNC(=O)c1cc(Cl)c(Cl)nc1Cl. The summed E-state index contributed by atoms with van der Waals surface area (Å²) in [6.07, 6.45) is 7.05. The van der Waals surface area contributed by atoms with Crippen molar-refractivity contribution in [3.8, 4) is 0 Å². The lowest BCUT2D eigenvalue weighted by molar-refractivity contribution is 0.0952. The highest BCUT2D eigenvalue weighted by Crippen LogP contribution is 2.25. The molecule has 1 heterocycles. The van der Waals surface area contributed by atoms with Crippen LogP contribution in [0.25, 0.3) is 0 Å². The number of amides is 1. The first-order valence-corrected chi connectivity index (χ1v) is 7.99. The molecule has 6 heteroatoms. The maximum absolute atomic E-state index is 11.9. The molecular formula is C14H19Cl3N2O. The Hall–Kier alpha value is -0.510. The van der Waals surface area contributed by atoms with E-state index in [2.05, 4.69) is 17.2 Å². The van der Waals surface area contributed by atoms with Crippen molar-refractivity contribution in [1.82, 2.24) is 10.3 Å². The van der Waals surface area contributed by atoms with Crippen LogP contribution >= 0.6 is 34.8 Å². The van der Waals surface area contributed by atoms with Gasteiger partial charge in [-0.25, -0.2) is 4.98 Å². The summed E-state index contributed by atoms with van der Waals surface area (Å²) in [4.78, 5) is 15.7. The van der Waals surface area contributed by atoms with Crippen molar-refractivity contribution in [3.63, 3.8) is 0 Å². The maximum Gasteiger partial charge on any atom is 0.254 e. The Kier molecular flexibility index (Phi) is 8.27. The Bertz CT molecular complexity index is 452. The number of carbonyl (C=O) groups excluding carboxylic acids is 1. The molecular weight excluding hydrogens is 319 g/mol. The number of nitrogens with zero attached hydrogens (tertiary/aromatic N) is 1. The maximum atomic E-state index is 11.9. The fourth-order valence-corrected chi connectivity index (χ4v) is 2.37. The van der Waals surface area contributed by atoms with Crippen LogP contribution in [0, 0.1) is 0 Å². The van der Waals surface area contributed by atoms with Gasteiger partial charge in [-0.05, 0) is 12.5 Å². The van der Waals surface area contributed by atoms with Gasteiger partial charge in [0.25, 0.3) is 5.91 Å². The standard InChI is InChI=1S/C14H19Cl3N2O/c1-2-3-4-5-6-7-8-18-14(20)10-9-11(15)13(17)19-12(10)16/h9H,2-8H2,1H3,(H,18,20). The predicted octanol–water partition coefficient (Wildman–Crippen LogP) is 5.13. The molecule has 0 aliphatic carbocycles. The van der Waals surface area contributed by atoms with E-state index in [1.54, 1.807) is 0 Å². The summed E-state index contributed by atoms with van der Waals surface area (Å²) in [5.41, 5.74) is 0.257. The van der Waals surface area contributed by atoms with Gasteiger partial charge in [0.05, 0.1) is 10.6 Å². The van der Waals surface area contributed by atoms with Crippen LogP contribution in [-0.2, 0) is 0 Å². The van der Waals surface area contributed by atoms with Crippen molar-refractivity contribution >= 4 is 40.7 Å². The molecule has 0 bridgehead atoms. The molecule has 0 saturated carbocycles. The highest BCUT2D eigenvalue weighted by Gasteiger charge is 2.14. The zero-order valence-electron chi connectivity index (χ0n) is 11.5. The molecule has 0 fully saturated rings. The molecule has 1 aromatic heterocycles. The smallest absolute Gasteiger partial charge is 0.254 e. The van der Waals surface area contributed by atoms with Crippen molar-refractivity contribution in [1.29, 1.82) is 0 Å². The van der Waals surface area contributed by atoms with Gasteiger partial charge in [-0.2, -0.15) is 0 Å². The molecule has 0 saturated heterocycles. The van der Waals surface area contributed by atoms with E-state index in [9.17, 15) is 4.79 Å². The van der Waals surface area contributed by atoms with Gasteiger partial charge in [0.1, 0.15) is 10.3 Å². The summed E-state index contributed by atoms with van der Waals surface area (Å²) in [5, 5.41) is 3.21. The van der Waals surface area contributed by atoms with Crippen molar-refractivity contribution in [2.45, 2.75) is 45.4 Å². The second kappa shape index (κ2) is 9.43. The number of rotatable bonds is 8. The quantitative estimate of drug-likeness (QED) is 0.527. The van der Waals surface area contributed by atoms with Gasteiger partial charge in [0, 0.05) is 6.54 Å². The van der Waals surface area contributed by atoms with Gasteiger partial charge >= 0.3 is 0 Å². The van der Waals surface area contributed by atoms with E-state index in [-0.39, 0.29) is 26.8 Å². The fraction of sp³-hybridized carbons (Fsp3) is 0.571. The van der Waals surface area contributed by atoms with E-state index in [1.165, 1.54) is 31.7 Å². The molecule has 1 rings (SSSR count). The fourth-order valence-electron chi connectivity index (χ4n) is 1.81. The molecule has 0 spiro atoms. The van der Waals surface area contributed by atoms with Crippen LogP contribution in [0.5, 0.6) is 0 Å². The van der Waals surface area contributed by atoms with Gasteiger partial charge < -0.3 is 5.32 Å². The van der Waals surface area contributed by atoms with Crippen LogP contribution in [0.2, 0.25) is 15.3 Å². The Morgan fingerprint density at radius 1 is 1.10 bits per heavy atom. The minimum absolute atomic E-state index is 0.0693. The monoisotopic (exact) mass is 336 g/mol. The third-order valence-electron chi connectivity index (χ3n) is 2.95. The molecule has 112 valence electrons. The first-order valence-electron chi connectivity index (χ1n) is 6.86. The zero-order valence-corrected chi connectivity index (χ0v) is 13.8. The zero-order chi connectivity index (χ0) is 15.0. The third kappa shape index (κ3) is 5.86. The summed E-state index contributed by atoms with van der Waals surface area (Å²) >= 11 is 17.4. The highest BCUT2D eigenvalue weighted by atomic mass is 35.5. The van der Waals surface area contributed by atoms with E-state index in [0.29, 0.717) is 6.54 Å². The van der Waals surface area contributed by atoms with Crippen LogP contribution in [0.3, 0.4) is 0 Å². The number of hydrogen-bond acceptors (Lipinski definition) is 2. The number of unbranched alkanes of at least 4 members (excludes halogenated alkanes) is 5. The number of nitrogens with one attached hydrogen (secondary N) is 1. The third-order valence-corrected chi connectivity index (χ3v) is 3.91. The topological polar surface area (TPSA) is 42.0 Å². The van der Waals surface area contributed by atoms with Crippen LogP contribution in [0.4, 0.5) is 0 Å². The lowest BCUT2D eigenvalue weighted by Crippen LogP contribution is -2.25. The Balaban J connectivity index is 2.34. The Labute approximate surface area is 135 Å². The van der Waals surface area contributed by atoms with Gasteiger partial charge in [0.15, 0.2) is 0 Å². The minimum Gasteiger partial charge on any atom is -0.352 e. The summed E-state index contributed by atoms with van der Waals surface area (Å²) < 4.78 is 0. The van der Waals surface area contributed by atoms with Crippen LogP contribution in [0.1, 0.15) is 55.8 Å². The molecule has 0 radical (unpaired) electrons. The van der Waals surface area contributed by atoms with Gasteiger partial charge in [-0.15, -0.1) is 0 Å². The summed E-state index contributed by atoms with van der Waals surface area (Å²) in [7, 11) is 0. The van der Waals surface area contributed by atoms with E-state index in [1.807, 2.05) is 0 Å². The Morgan fingerprint density at radius 2 is 1.75 bits per heavy atom. The number of carbonyl (C=O) groups is 1. The van der Waals surface area contributed by atoms with Crippen LogP contribution < -0.4 is 5.32 Å². The van der Waals surface area contributed by atoms with Gasteiger partial charge in [0.2, 0.25) is 0 Å². The lowest BCUT2D eigenvalue weighted by Gasteiger charge is -2.07. The van der Waals surface area contributed by atoms with Gasteiger partial charge in [-0.1, -0.05) is 73.8 Å². The minimum atomic E-state index is -0.269. The molecule has 0 unspecified atom stereocenters. The van der Waals surface area contributed by atoms with E-state index in [4.69, 9.17) is 34.8 Å². The summed E-state index contributed by atoms with van der Waals surface area (Å²) in [5.74, 6) is -0.269. The number of pyridine rings is 1. The van der Waals surface area contributed by atoms with Crippen LogP contribution in [0.15, 0.2) is 6.07 Å². The average molecular weight is 338 g/mol. The van der Waals surface area contributed by atoms with Crippen molar-refractivity contribution in [2.75, 3.05) is 6.54 Å². The largest absolute Gasteiger partial charge is 0.352 e. The molecule has 0 atom stereocenters. The van der Waals surface area contributed by atoms with Crippen molar-refractivity contribution < 1.29 is 4.79 Å². The Morgan fingerprint density at radius 3 is 2.45 bits per heavy atom. The molecule has 3 nitrogen and oxygen atoms in total. The lowest BCUT2D eigenvalue weighted by atomic mass is 10.1. The van der Waals surface area contributed by atoms with E-state index < -0.39 is 0 Å². The molecule has 1 N–H and O–H groups in total. The summed E-state index contributed by atoms with van der Waals surface area (Å²) in [6.45, 7) is 2.82. The molecule has 0 aromatic carbocycles.